The molecule has 1 N–H and O–H groups in total. The summed E-state index contributed by atoms with van der Waals surface area (Å²) < 4.78 is 11.3. The van der Waals surface area contributed by atoms with E-state index in [4.69, 9.17) is 9.15 Å². The molecule has 0 aliphatic heterocycles. The Kier molecular flexibility index (Phi) is 3.36. The standard InChI is InChI=1S/C12H14N2O4/c1-3-17-11(15)7-13-8-4-5-9-10(6-8)18-12(16)14(9)2/h4-6,13H,3,7H2,1-2H3. The van der Waals surface area contributed by atoms with Crippen LogP contribution in [0.5, 0.6) is 0 Å². The molecule has 96 valence electrons. The Morgan fingerprint density at radius 3 is 3.00 bits per heavy atom. The van der Waals surface area contributed by atoms with Crippen LogP contribution in [0.1, 0.15) is 6.92 Å². The molecule has 1 heterocycles. The van der Waals surface area contributed by atoms with Gasteiger partial charge in [-0.2, -0.15) is 0 Å². The molecule has 0 atom stereocenters. The molecular weight excluding hydrogens is 236 g/mol. The SMILES string of the molecule is CCOC(=O)CNc1ccc2c(c1)oc(=O)n2C. The fourth-order valence-corrected chi connectivity index (χ4v) is 1.63. The van der Waals surface area contributed by atoms with Gasteiger partial charge in [0.15, 0.2) is 5.58 Å². The first kappa shape index (κ1) is 12.2. The molecule has 1 aromatic carbocycles. The van der Waals surface area contributed by atoms with E-state index < -0.39 is 5.76 Å². The number of aromatic nitrogens is 1. The molecule has 0 aliphatic rings. The Balaban J connectivity index is 2.15. The topological polar surface area (TPSA) is 73.5 Å². The van der Waals surface area contributed by atoms with Crippen LogP contribution in [0, 0.1) is 0 Å². The third-order valence-corrected chi connectivity index (χ3v) is 2.53. The molecule has 6 nitrogen and oxygen atoms in total. The number of rotatable bonds is 4. The van der Waals surface area contributed by atoms with Gasteiger partial charge in [0.2, 0.25) is 0 Å². The zero-order chi connectivity index (χ0) is 13.1. The lowest BCUT2D eigenvalue weighted by Crippen LogP contribution is -2.16. The maximum atomic E-state index is 11.3. The highest BCUT2D eigenvalue weighted by molar-refractivity contribution is 5.80. The molecule has 0 bridgehead atoms. The molecular formula is C12H14N2O4. The summed E-state index contributed by atoms with van der Waals surface area (Å²) in [7, 11) is 1.64. The van der Waals surface area contributed by atoms with Crippen molar-refractivity contribution in [1.29, 1.82) is 0 Å². The van der Waals surface area contributed by atoms with Crippen molar-refractivity contribution in [1.82, 2.24) is 4.57 Å². The van der Waals surface area contributed by atoms with E-state index >= 15 is 0 Å². The smallest absolute Gasteiger partial charge is 0.419 e. The molecule has 2 aromatic rings. The minimum Gasteiger partial charge on any atom is -0.465 e. The first-order valence-electron chi connectivity index (χ1n) is 5.61. The average Bonchev–Trinajstić information content (AvgIpc) is 2.63. The van der Waals surface area contributed by atoms with Gasteiger partial charge in [0.25, 0.3) is 0 Å². The van der Waals surface area contributed by atoms with E-state index in [0.29, 0.717) is 23.4 Å². The number of esters is 1. The maximum Gasteiger partial charge on any atom is 0.419 e. The van der Waals surface area contributed by atoms with Gasteiger partial charge in [0.1, 0.15) is 6.54 Å². The first-order chi connectivity index (χ1) is 8.61. The molecule has 0 amide bonds. The molecule has 0 fully saturated rings. The summed E-state index contributed by atoms with van der Waals surface area (Å²) in [6.45, 7) is 2.19. The monoisotopic (exact) mass is 250 g/mol. The summed E-state index contributed by atoms with van der Waals surface area (Å²) in [5.41, 5.74) is 1.89. The van der Waals surface area contributed by atoms with Gasteiger partial charge < -0.3 is 14.5 Å². The lowest BCUT2D eigenvalue weighted by molar-refractivity contribution is -0.140. The Morgan fingerprint density at radius 1 is 1.50 bits per heavy atom. The molecule has 0 saturated heterocycles. The van der Waals surface area contributed by atoms with Gasteiger partial charge in [-0.3, -0.25) is 9.36 Å². The van der Waals surface area contributed by atoms with Crippen LogP contribution < -0.4 is 11.1 Å². The lowest BCUT2D eigenvalue weighted by atomic mass is 10.3. The molecule has 18 heavy (non-hydrogen) atoms. The summed E-state index contributed by atoms with van der Waals surface area (Å²) in [6.07, 6.45) is 0. The third kappa shape index (κ3) is 2.37. The quantitative estimate of drug-likeness (QED) is 0.823. The summed E-state index contributed by atoms with van der Waals surface area (Å²) in [5.74, 6) is -0.736. The Bertz CT molecular complexity index is 627. The van der Waals surface area contributed by atoms with Crippen molar-refractivity contribution in [2.45, 2.75) is 6.92 Å². The van der Waals surface area contributed by atoms with E-state index in [1.807, 2.05) is 0 Å². The van der Waals surface area contributed by atoms with Crippen LogP contribution >= 0.6 is 0 Å². The number of hydrogen-bond acceptors (Lipinski definition) is 5. The minimum absolute atomic E-state index is 0.0798. The number of nitrogens with zero attached hydrogens (tertiary/aromatic N) is 1. The van der Waals surface area contributed by atoms with Gasteiger partial charge in [0, 0.05) is 18.8 Å². The number of benzene rings is 1. The van der Waals surface area contributed by atoms with E-state index in [0.717, 1.165) is 0 Å². The van der Waals surface area contributed by atoms with E-state index in [1.54, 1.807) is 32.2 Å². The van der Waals surface area contributed by atoms with E-state index in [9.17, 15) is 9.59 Å². The fourth-order valence-electron chi connectivity index (χ4n) is 1.63. The number of oxazole rings is 1. The van der Waals surface area contributed by atoms with Crippen LogP contribution in [0.15, 0.2) is 27.4 Å². The maximum absolute atomic E-state index is 11.3. The molecule has 6 heteroatoms. The van der Waals surface area contributed by atoms with Gasteiger partial charge in [-0.1, -0.05) is 0 Å². The van der Waals surface area contributed by atoms with E-state index in [1.165, 1.54) is 4.57 Å². The second-order valence-electron chi connectivity index (χ2n) is 3.77. The number of nitrogens with one attached hydrogen (secondary N) is 1. The zero-order valence-corrected chi connectivity index (χ0v) is 10.2. The Labute approximate surface area is 103 Å². The molecule has 1 aromatic heterocycles. The highest BCUT2D eigenvalue weighted by atomic mass is 16.5. The highest BCUT2D eigenvalue weighted by Crippen LogP contribution is 2.17. The highest BCUT2D eigenvalue weighted by Gasteiger charge is 2.07. The number of carbonyl (C=O) groups excluding carboxylic acids is 1. The Hall–Kier alpha value is -2.24. The average molecular weight is 250 g/mol. The van der Waals surface area contributed by atoms with Crippen molar-refractivity contribution in [2.24, 2.45) is 7.05 Å². The van der Waals surface area contributed by atoms with Crippen molar-refractivity contribution < 1.29 is 13.9 Å². The van der Waals surface area contributed by atoms with Crippen LogP contribution in [0.3, 0.4) is 0 Å². The van der Waals surface area contributed by atoms with E-state index in [-0.39, 0.29) is 12.5 Å². The van der Waals surface area contributed by atoms with Crippen molar-refractivity contribution in [3.8, 4) is 0 Å². The van der Waals surface area contributed by atoms with Gasteiger partial charge in [-0.05, 0) is 19.1 Å². The molecule has 2 rings (SSSR count). The first-order valence-corrected chi connectivity index (χ1v) is 5.61. The fraction of sp³-hybridized carbons (Fsp3) is 0.333. The lowest BCUT2D eigenvalue weighted by Gasteiger charge is -2.05. The van der Waals surface area contributed by atoms with Gasteiger partial charge in [0.05, 0.1) is 12.1 Å². The number of hydrogen-bond donors (Lipinski definition) is 1. The predicted molar refractivity (Wildman–Crippen MR) is 66.6 cm³/mol. The number of fused-ring (bicyclic) bond motifs is 1. The van der Waals surface area contributed by atoms with Gasteiger partial charge in [-0.15, -0.1) is 0 Å². The molecule has 0 aliphatic carbocycles. The van der Waals surface area contributed by atoms with Crippen LogP contribution in [-0.2, 0) is 16.6 Å². The van der Waals surface area contributed by atoms with Crippen molar-refractivity contribution in [3.05, 3.63) is 28.7 Å². The molecule has 0 saturated carbocycles. The summed E-state index contributed by atoms with van der Waals surface area (Å²) in [4.78, 5) is 22.5. The third-order valence-electron chi connectivity index (χ3n) is 2.53. The number of aryl methyl sites for hydroxylation is 1. The van der Waals surface area contributed by atoms with Crippen LogP contribution in [-0.4, -0.2) is 23.7 Å². The predicted octanol–water partition coefficient (Wildman–Crippen LogP) is 1.11. The van der Waals surface area contributed by atoms with Crippen LogP contribution in [0.25, 0.3) is 11.1 Å². The summed E-state index contributed by atoms with van der Waals surface area (Å²) in [6, 6.07) is 5.21. The van der Waals surface area contributed by atoms with Gasteiger partial charge in [-0.25, -0.2) is 4.79 Å². The Morgan fingerprint density at radius 2 is 2.28 bits per heavy atom. The minimum atomic E-state index is -0.410. The zero-order valence-electron chi connectivity index (χ0n) is 10.2. The van der Waals surface area contributed by atoms with Crippen LogP contribution in [0.2, 0.25) is 0 Å². The largest absolute Gasteiger partial charge is 0.465 e. The number of anilines is 1. The summed E-state index contributed by atoms with van der Waals surface area (Å²) >= 11 is 0. The second-order valence-corrected chi connectivity index (χ2v) is 3.77. The van der Waals surface area contributed by atoms with E-state index in [2.05, 4.69) is 5.32 Å². The number of carbonyl (C=O) groups is 1. The van der Waals surface area contributed by atoms with Crippen molar-refractivity contribution in [3.63, 3.8) is 0 Å². The molecule has 0 radical (unpaired) electrons. The van der Waals surface area contributed by atoms with Crippen molar-refractivity contribution >= 4 is 22.8 Å². The normalized spacial score (nSPS) is 10.6. The second kappa shape index (κ2) is 4.95. The molecule has 0 unspecified atom stereocenters. The summed E-state index contributed by atoms with van der Waals surface area (Å²) in [5, 5.41) is 2.90. The van der Waals surface area contributed by atoms with Gasteiger partial charge >= 0.3 is 11.7 Å². The number of ether oxygens (including phenoxy) is 1. The van der Waals surface area contributed by atoms with Crippen molar-refractivity contribution in [2.75, 3.05) is 18.5 Å². The van der Waals surface area contributed by atoms with Crippen LogP contribution in [0.4, 0.5) is 5.69 Å². The molecule has 0 spiro atoms.